The highest BCUT2D eigenvalue weighted by atomic mass is 31.3. The average molecular weight is 312 g/mol. The number of carboxylic acids is 1. The number of carboxylic acid groups (broad SMARTS) is 1. The second-order valence-electron chi connectivity index (χ2n) is 3.39. The highest BCUT2D eigenvalue weighted by Gasteiger charge is 2.35. The van der Waals surface area contributed by atoms with Crippen LogP contribution in [0.2, 0.25) is 0 Å². The number of hydrogen-bond acceptors (Lipinski definition) is 5. The molecule has 0 spiro atoms. The number of benzene rings is 1. The van der Waals surface area contributed by atoms with Gasteiger partial charge in [-0.1, -0.05) is 12.1 Å². The first-order valence-electron chi connectivity index (χ1n) is 4.64. The monoisotopic (exact) mass is 312 g/mol. The lowest BCUT2D eigenvalue weighted by atomic mass is 10.1. The zero-order valence-electron chi connectivity index (χ0n) is 9.46. The van der Waals surface area contributed by atoms with Crippen molar-refractivity contribution in [1.82, 2.24) is 0 Å². The van der Waals surface area contributed by atoms with Gasteiger partial charge in [0.1, 0.15) is 11.3 Å². The van der Waals surface area contributed by atoms with Crippen LogP contribution in [0.4, 0.5) is 0 Å². The zero-order chi connectivity index (χ0) is 14.8. The second kappa shape index (κ2) is 5.42. The fourth-order valence-corrected chi connectivity index (χ4v) is 2.89. The van der Waals surface area contributed by atoms with Gasteiger partial charge in [-0.25, -0.2) is 13.9 Å². The van der Waals surface area contributed by atoms with Crippen LogP contribution in [0.5, 0.6) is 5.75 Å². The SMILES string of the molecule is Cc1cccc(C(=O)O)c1OP(=O)(O)OP(=O)(O)O. The Morgan fingerprint density at radius 1 is 1.21 bits per heavy atom. The molecule has 0 aliphatic heterocycles. The first-order valence-corrected chi connectivity index (χ1v) is 7.66. The molecule has 0 fully saturated rings. The number of hydrogen-bond donors (Lipinski definition) is 4. The topological polar surface area (TPSA) is 151 Å². The summed E-state index contributed by atoms with van der Waals surface area (Å²) in [6.07, 6.45) is 0. The Morgan fingerprint density at radius 3 is 2.26 bits per heavy atom. The molecule has 0 aromatic heterocycles. The smallest absolute Gasteiger partial charge is 0.478 e. The summed E-state index contributed by atoms with van der Waals surface area (Å²) in [6.45, 7) is 1.39. The van der Waals surface area contributed by atoms with E-state index in [1.165, 1.54) is 19.1 Å². The molecule has 1 atom stereocenters. The number of phosphoric acid groups is 2. The van der Waals surface area contributed by atoms with Crippen molar-refractivity contribution in [3.05, 3.63) is 29.3 Å². The third kappa shape index (κ3) is 4.76. The molecule has 4 N–H and O–H groups in total. The summed E-state index contributed by atoms with van der Waals surface area (Å²) in [5, 5.41) is 8.87. The van der Waals surface area contributed by atoms with Crippen molar-refractivity contribution in [2.75, 3.05) is 0 Å². The first kappa shape index (κ1) is 15.8. The molecule has 19 heavy (non-hydrogen) atoms. The summed E-state index contributed by atoms with van der Waals surface area (Å²) in [5.74, 6) is -1.94. The van der Waals surface area contributed by atoms with E-state index in [4.69, 9.17) is 19.8 Å². The molecule has 1 aromatic carbocycles. The third-order valence-corrected chi connectivity index (χ3v) is 3.95. The molecule has 1 rings (SSSR count). The predicted molar refractivity (Wildman–Crippen MR) is 61.7 cm³/mol. The van der Waals surface area contributed by atoms with Crippen LogP contribution >= 0.6 is 15.6 Å². The maximum absolute atomic E-state index is 11.4. The van der Waals surface area contributed by atoms with E-state index in [2.05, 4.69) is 8.83 Å². The molecular formula is C8H10O9P2. The van der Waals surface area contributed by atoms with Gasteiger partial charge in [-0.05, 0) is 18.6 Å². The first-order chi connectivity index (χ1) is 8.52. The standard InChI is InChI=1S/C8H10O9P2/c1-5-3-2-4-6(8(9)10)7(5)16-19(14,15)17-18(11,12)13/h2-4H,1H3,(H,9,10)(H,14,15)(H2,11,12,13). The van der Waals surface area contributed by atoms with Gasteiger partial charge in [0, 0.05) is 0 Å². The van der Waals surface area contributed by atoms with E-state index in [-0.39, 0.29) is 5.56 Å². The molecule has 0 saturated heterocycles. The molecule has 0 amide bonds. The van der Waals surface area contributed by atoms with Gasteiger partial charge in [0.25, 0.3) is 0 Å². The van der Waals surface area contributed by atoms with E-state index >= 15 is 0 Å². The van der Waals surface area contributed by atoms with Crippen LogP contribution in [0.25, 0.3) is 0 Å². The molecule has 0 bridgehead atoms. The largest absolute Gasteiger partial charge is 0.536 e. The second-order valence-corrected chi connectivity index (χ2v) is 6.14. The van der Waals surface area contributed by atoms with Crippen LogP contribution in [-0.2, 0) is 13.4 Å². The number of aryl methyl sites for hydroxylation is 1. The van der Waals surface area contributed by atoms with Crippen molar-refractivity contribution in [2.24, 2.45) is 0 Å². The minimum absolute atomic E-state index is 0.184. The number of carbonyl (C=O) groups is 1. The molecule has 0 saturated carbocycles. The summed E-state index contributed by atoms with van der Waals surface area (Å²) in [4.78, 5) is 36.9. The Labute approximate surface area is 107 Å². The van der Waals surface area contributed by atoms with E-state index in [0.717, 1.165) is 6.07 Å². The van der Waals surface area contributed by atoms with Gasteiger partial charge in [-0.15, -0.1) is 0 Å². The van der Waals surface area contributed by atoms with E-state index in [1.807, 2.05) is 0 Å². The van der Waals surface area contributed by atoms with E-state index in [1.54, 1.807) is 0 Å². The third-order valence-electron chi connectivity index (χ3n) is 1.86. The fraction of sp³-hybridized carbons (Fsp3) is 0.125. The van der Waals surface area contributed by atoms with Gasteiger partial charge in [0.15, 0.2) is 0 Å². The summed E-state index contributed by atoms with van der Waals surface area (Å²) < 4.78 is 29.8. The van der Waals surface area contributed by atoms with Crippen LogP contribution in [0.1, 0.15) is 15.9 Å². The Balaban J connectivity index is 3.16. The Morgan fingerprint density at radius 2 is 1.79 bits per heavy atom. The molecule has 9 nitrogen and oxygen atoms in total. The number of aromatic carboxylic acids is 1. The van der Waals surface area contributed by atoms with Gasteiger partial charge < -0.3 is 19.4 Å². The van der Waals surface area contributed by atoms with E-state index in [9.17, 15) is 13.9 Å². The van der Waals surface area contributed by atoms with Crippen LogP contribution in [-0.4, -0.2) is 25.8 Å². The number of rotatable bonds is 5. The molecule has 1 unspecified atom stereocenters. The highest BCUT2D eigenvalue weighted by molar-refractivity contribution is 7.60. The zero-order valence-corrected chi connectivity index (χ0v) is 11.2. The maximum Gasteiger partial charge on any atom is 0.536 e. The molecule has 1 aromatic rings. The van der Waals surface area contributed by atoms with Crippen molar-refractivity contribution in [3.8, 4) is 5.75 Å². The summed E-state index contributed by atoms with van der Waals surface area (Å²) in [6, 6.07) is 3.86. The number of para-hydroxylation sites is 1. The molecule has 0 heterocycles. The van der Waals surface area contributed by atoms with Crippen LogP contribution in [0.3, 0.4) is 0 Å². The maximum atomic E-state index is 11.4. The lowest BCUT2D eigenvalue weighted by Gasteiger charge is -2.16. The Kier molecular flexibility index (Phi) is 4.52. The van der Waals surface area contributed by atoms with E-state index in [0.29, 0.717) is 0 Å². The van der Waals surface area contributed by atoms with Crippen molar-refractivity contribution in [2.45, 2.75) is 6.92 Å². The lowest BCUT2D eigenvalue weighted by Crippen LogP contribution is -2.04. The lowest BCUT2D eigenvalue weighted by molar-refractivity contribution is 0.0694. The van der Waals surface area contributed by atoms with Gasteiger partial charge in [-0.3, -0.25) is 4.89 Å². The van der Waals surface area contributed by atoms with Gasteiger partial charge in [0.05, 0.1) is 0 Å². The summed E-state index contributed by atoms with van der Waals surface area (Å²) >= 11 is 0. The Bertz CT molecular complexity index is 590. The number of phosphoric ester groups is 1. The Hall–Kier alpha value is -1.21. The minimum atomic E-state index is -5.26. The molecule has 0 aliphatic carbocycles. The van der Waals surface area contributed by atoms with Gasteiger partial charge in [0.2, 0.25) is 0 Å². The van der Waals surface area contributed by atoms with Gasteiger partial charge >= 0.3 is 21.6 Å². The minimum Gasteiger partial charge on any atom is -0.478 e. The molecule has 0 aliphatic rings. The van der Waals surface area contributed by atoms with Crippen LogP contribution in [0, 0.1) is 6.92 Å². The predicted octanol–water partition coefficient (Wildman–Crippen LogP) is 1.28. The molecule has 106 valence electrons. The van der Waals surface area contributed by atoms with Crippen molar-refractivity contribution < 1.29 is 42.5 Å². The van der Waals surface area contributed by atoms with Crippen LogP contribution < -0.4 is 4.52 Å². The fourth-order valence-electron chi connectivity index (χ4n) is 1.21. The van der Waals surface area contributed by atoms with Crippen molar-refractivity contribution in [1.29, 1.82) is 0 Å². The van der Waals surface area contributed by atoms with Gasteiger partial charge in [-0.2, -0.15) is 4.31 Å². The highest BCUT2D eigenvalue weighted by Crippen LogP contribution is 2.57. The average Bonchev–Trinajstić information content (AvgIpc) is 2.16. The van der Waals surface area contributed by atoms with E-state index < -0.39 is 32.9 Å². The summed E-state index contributed by atoms with van der Waals surface area (Å²) in [7, 11) is -10.4. The summed E-state index contributed by atoms with van der Waals surface area (Å²) in [5.41, 5.74) is -0.257. The van der Waals surface area contributed by atoms with Crippen molar-refractivity contribution >= 4 is 21.6 Å². The normalized spacial score (nSPS) is 14.7. The quantitative estimate of drug-likeness (QED) is 0.589. The van der Waals surface area contributed by atoms with Crippen molar-refractivity contribution in [3.63, 3.8) is 0 Å². The molecule has 11 heteroatoms. The molecular weight excluding hydrogens is 302 g/mol. The molecule has 0 radical (unpaired) electrons. The van der Waals surface area contributed by atoms with Crippen LogP contribution in [0.15, 0.2) is 18.2 Å².